The summed E-state index contributed by atoms with van der Waals surface area (Å²) in [4.78, 5) is 24.2. The zero-order valence-electron chi connectivity index (χ0n) is 15.6. The van der Waals surface area contributed by atoms with Crippen molar-refractivity contribution >= 4 is 29.1 Å². The van der Waals surface area contributed by atoms with Gasteiger partial charge in [0.1, 0.15) is 0 Å². The van der Waals surface area contributed by atoms with Gasteiger partial charge in [-0.05, 0) is 65.6 Å². The molecule has 0 spiro atoms. The molecule has 4 rings (SSSR count). The molecular formula is C20H19N5O2S. The molecule has 0 atom stereocenters. The zero-order chi connectivity index (χ0) is 19.7. The molecule has 3 aromatic rings. The van der Waals surface area contributed by atoms with Gasteiger partial charge in [-0.15, -0.1) is 5.10 Å². The highest BCUT2D eigenvalue weighted by Crippen LogP contribution is 2.26. The molecule has 0 saturated carbocycles. The van der Waals surface area contributed by atoms with Crippen LogP contribution in [-0.4, -0.2) is 37.7 Å². The van der Waals surface area contributed by atoms with Gasteiger partial charge < -0.3 is 5.32 Å². The van der Waals surface area contributed by atoms with Gasteiger partial charge in [0.2, 0.25) is 11.1 Å². The molecule has 0 fully saturated rings. The Kier molecular flexibility index (Phi) is 4.95. The van der Waals surface area contributed by atoms with Crippen molar-refractivity contribution in [2.75, 3.05) is 11.1 Å². The Morgan fingerprint density at radius 3 is 2.75 bits per heavy atom. The molecule has 7 nitrogen and oxygen atoms in total. The van der Waals surface area contributed by atoms with Gasteiger partial charge in [0.05, 0.1) is 11.4 Å². The number of ketones is 1. The molecule has 1 aromatic heterocycles. The first-order chi connectivity index (χ1) is 13.5. The van der Waals surface area contributed by atoms with Crippen LogP contribution in [0.15, 0.2) is 41.6 Å². The van der Waals surface area contributed by atoms with Crippen molar-refractivity contribution in [2.45, 2.75) is 31.8 Å². The molecule has 2 heterocycles. The van der Waals surface area contributed by atoms with Gasteiger partial charge in [-0.25, -0.2) is 0 Å². The van der Waals surface area contributed by atoms with E-state index in [1.165, 1.54) is 11.8 Å². The molecule has 1 N–H and O–H groups in total. The molecule has 1 aliphatic rings. The number of nitrogens with zero attached hydrogens (tertiary/aromatic N) is 4. The first-order valence-corrected chi connectivity index (χ1v) is 9.95. The number of carbonyl (C=O) groups excluding carboxylic acids is 2. The normalized spacial score (nSPS) is 13.1. The SMILES string of the molecule is Cc1cccc(C)c1-n1nnnc1SCC(=O)c1ccc2c(c1)CCC(=O)N2. The predicted molar refractivity (Wildman–Crippen MR) is 107 cm³/mol. The number of hydrogen-bond acceptors (Lipinski definition) is 6. The van der Waals surface area contributed by atoms with Crippen LogP contribution in [0, 0.1) is 13.8 Å². The number of thioether (sulfide) groups is 1. The predicted octanol–water partition coefficient (Wildman–Crippen LogP) is 3.14. The minimum Gasteiger partial charge on any atom is -0.326 e. The average molecular weight is 393 g/mol. The third kappa shape index (κ3) is 3.55. The fourth-order valence-electron chi connectivity index (χ4n) is 3.32. The number of aromatic nitrogens is 4. The molecule has 1 aliphatic heterocycles. The quantitative estimate of drug-likeness (QED) is 0.529. The highest BCUT2D eigenvalue weighted by atomic mass is 32.2. The van der Waals surface area contributed by atoms with Crippen LogP contribution in [0.1, 0.15) is 33.5 Å². The van der Waals surface area contributed by atoms with Crippen molar-refractivity contribution in [3.05, 3.63) is 58.7 Å². The van der Waals surface area contributed by atoms with E-state index in [-0.39, 0.29) is 17.4 Å². The van der Waals surface area contributed by atoms with E-state index in [1.54, 1.807) is 16.8 Å². The smallest absolute Gasteiger partial charge is 0.224 e. The Morgan fingerprint density at radius 1 is 1.18 bits per heavy atom. The van der Waals surface area contributed by atoms with Gasteiger partial charge in [-0.1, -0.05) is 30.0 Å². The van der Waals surface area contributed by atoms with E-state index in [1.807, 2.05) is 38.1 Å². The van der Waals surface area contributed by atoms with Crippen LogP contribution in [-0.2, 0) is 11.2 Å². The Morgan fingerprint density at radius 2 is 1.96 bits per heavy atom. The maximum Gasteiger partial charge on any atom is 0.224 e. The molecule has 0 unspecified atom stereocenters. The van der Waals surface area contributed by atoms with Gasteiger partial charge in [0, 0.05) is 17.7 Å². The van der Waals surface area contributed by atoms with Crippen molar-refractivity contribution in [3.63, 3.8) is 0 Å². The largest absolute Gasteiger partial charge is 0.326 e. The lowest BCUT2D eigenvalue weighted by Crippen LogP contribution is -2.19. The minimum absolute atomic E-state index is 0.000700. The number of carbonyl (C=O) groups is 2. The van der Waals surface area contributed by atoms with Crippen LogP contribution in [0.5, 0.6) is 0 Å². The van der Waals surface area contributed by atoms with Gasteiger partial charge in [-0.3, -0.25) is 9.59 Å². The van der Waals surface area contributed by atoms with Gasteiger partial charge in [0.15, 0.2) is 5.78 Å². The molecule has 8 heteroatoms. The summed E-state index contributed by atoms with van der Waals surface area (Å²) >= 11 is 1.31. The fourth-order valence-corrected chi connectivity index (χ4v) is 4.09. The number of anilines is 1. The number of rotatable bonds is 5. The summed E-state index contributed by atoms with van der Waals surface area (Å²) in [5.74, 6) is 0.248. The van der Waals surface area contributed by atoms with Crippen molar-refractivity contribution in [3.8, 4) is 5.69 Å². The van der Waals surface area contributed by atoms with E-state index < -0.39 is 0 Å². The molecule has 142 valence electrons. The number of para-hydroxylation sites is 1. The molecule has 1 amide bonds. The second-order valence-corrected chi connectivity index (χ2v) is 7.69. The molecule has 0 bridgehead atoms. The summed E-state index contributed by atoms with van der Waals surface area (Å²) in [6.07, 6.45) is 1.10. The van der Waals surface area contributed by atoms with E-state index in [0.717, 1.165) is 28.1 Å². The lowest BCUT2D eigenvalue weighted by molar-refractivity contribution is -0.116. The van der Waals surface area contributed by atoms with Crippen LogP contribution in [0.2, 0.25) is 0 Å². The van der Waals surface area contributed by atoms with E-state index >= 15 is 0 Å². The van der Waals surface area contributed by atoms with Crippen LogP contribution in [0.25, 0.3) is 5.69 Å². The first-order valence-electron chi connectivity index (χ1n) is 8.96. The highest BCUT2D eigenvalue weighted by molar-refractivity contribution is 7.99. The van der Waals surface area contributed by atoms with Crippen LogP contribution >= 0.6 is 11.8 Å². The number of nitrogens with one attached hydrogen (secondary N) is 1. The number of tetrazole rings is 1. The number of fused-ring (bicyclic) bond motifs is 1. The lowest BCUT2D eigenvalue weighted by Gasteiger charge is -2.17. The number of hydrogen-bond donors (Lipinski definition) is 1. The average Bonchev–Trinajstić information content (AvgIpc) is 3.13. The second kappa shape index (κ2) is 7.55. The summed E-state index contributed by atoms with van der Waals surface area (Å²) in [7, 11) is 0. The molecule has 0 aliphatic carbocycles. The Hall–Kier alpha value is -3.00. The maximum absolute atomic E-state index is 12.7. The standard InChI is InChI=1S/C20H19N5O2S/c1-12-4-3-5-13(2)19(12)25-20(22-23-24-25)28-11-17(26)15-6-8-16-14(10-15)7-9-18(27)21-16/h3-6,8,10H,7,9,11H2,1-2H3,(H,21,27). The number of amides is 1. The van der Waals surface area contributed by atoms with E-state index in [9.17, 15) is 9.59 Å². The Labute approximate surface area is 166 Å². The summed E-state index contributed by atoms with van der Waals surface area (Å²) in [6, 6.07) is 11.4. The maximum atomic E-state index is 12.7. The van der Waals surface area contributed by atoms with Gasteiger partial charge in [0.25, 0.3) is 0 Å². The number of Topliss-reactive ketones (excluding diaryl/α,β-unsaturated/α-hetero) is 1. The lowest BCUT2D eigenvalue weighted by atomic mass is 9.99. The van der Waals surface area contributed by atoms with Crippen LogP contribution < -0.4 is 5.32 Å². The van der Waals surface area contributed by atoms with Crippen LogP contribution in [0.4, 0.5) is 5.69 Å². The van der Waals surface area contributed by atoms with Gasteiger partial charge in [-0.2, -0.15) is 4.68 Å². The molecule has 28 heavy (non-hydrogen) atoms. The van der Waals surface area contributed by atoms with Gasteiger partial charge >= 0.3 is 0 Å². The van der Waals surface area contributed by atoms with Crippen molar-refractivity contribution in [1.29, 1.82) is 0 Å². The Bertz CT molecular complexity index is 1060. The fraction of sp³-hybridized carbons (Fsp3) is 0.250. The summed E-state index contributed by atoms with van der Waals surface area (Å²) in [5.41, 5.74) is 5.49. The highest BCUT2D eigenvalue weighted by Gasteiger charge is 2.18. The summed E-state index contributed by atoms with van der Waals surface area (Å²) < 4.78 is 1.69. The molecule has 0 saturated heterocycles. The van der Waals surface area contributed by atoms with E-state index in [2.05, 4.69) is 20.8 Å². The number of benzene rings is 2. The monoisotopic (exact) mass is 393 g/mol. The third-order valence-electron chi connectivity index (χ3n) is 4.75. The second-order valence-electron chi connectivity index (χ2n) is 6.75. The molecule has 2 aromatic carbocycles. The van der Waals surface area contributed by atoms with Crippen LogP contribution in [0.3, 0.4) is 0 Å². The van der Waals surface area contributed by atoms with E-state index in [0.29, 0.717) is 23.6 Å². The number of aryl methyl sites for hydroxylation is 3. The molecule has 0 radical (unpaired) electrons. The summed E-state index contributed by atoms with van der Waals surface area (Å²) in [5, 5.41) is 15.4. The minimum atomic E-state index is 0.000700. The summed E-state index contributed by atoms with van der Waals surface area (Å²) in [6.45, 7) is 4.02. The zero-order valence-corrected chi connectivity index (χ0v) is 16.4. The van der Waals surface area contributed by atoms with Crippen molar-refractivity contribution in [1.82, 2.24) is 20.2 Å². The topological polar surface area (TPSA) is 89.8 Å². The van der Waals surface area contributed by atoms with Crippen molar-refractivity contribution in [2.24, 2.45) is 0 Å². The Balaban J connectivity index is 1.51. The first kappa shape index (κ1) is 18.4. The van der Waals surface area contributed by atoms with Crippen molar-refractivity contribution < 1.29 is 9.59 Å². The molecular weight excluding hydrogens is 374 g/mol. The van der Waals surface area contributed by atoms with E-state index in [4.69, 9.17) is 0 Å². The third-order valence-corrected chi connectivity index (χ3v) is 5.67.